The molecule has 0 aliphatic carbocycles. The number of hydrogen-bond acceptors (Lipinski definition) is 4. The number of carbonyl (C=O) groups is 1. The zero-order valence-corrected chi connectivity index (χ0v) is 11.6. The lowest BCUT2D eigenvalue weighted by molar-refractivity contribution is -0.215. The number of alkyl halides is 3. The monoisotopic (exact) mass is 296 g/mol. The molecular formula is C12H19F3N2O3. The Hall–Kier alpha value is -1.02. The SMILES string of the molecule is CC(C)(C)OC(=O)N1C[C@@H]2C[C@H]1C(C(O)C(F)(F)F)N2. The molecule has 1 amide bonds. The highest BCUT2D eigenvalue weighted by Crippen LogP contribution is 2.35. The maximum Gasteiger partial charge on any atom is 0.415 e. The summed E-state index contributed by atoms with van der Waals surface area (Å²) in [6.45, 7) is 5.39. The van der Waals surface area contributed by atoms with Crippen molar-refractivity contribution < 1.29 is 27.8 Å². The summed E-state index contributed by atoms with van der Waals surface area (Å²) in [5.41, 5.74) is -0.704. The van der Waals surface area contributed by atoms with Crippen molar-refractivity contribution in [3.8, 4) is 0 Å². The molecule has 2 aliphatic rings. The van der Waals surface area contributed by atoms with Gasteiger partial charge in [0.1, 0.15) is 5.60 Å². The molecule has 20 heavy (non-hydrogen) atoms. The number of fused-ring (bicyclic) bond motifs is 2. The minimum atomic E-state index is -4.71. The number of amides is 1. The van der Waals surface area contributed by atoms with Crippen LogP contribution in [0.5, 0.6) is 0 Å². The van der Waals surface area contributed by atoms with Crippen LogP contribution in [0.2, 0.25) is 0 Å². The van der Waals surface area contributed by atoms with E-state index in [-0.39, 0.29) is 6.04 Å². The average molecular weight is 296 g/mol. The minimum Gasteiger partial charge on any atom is -0.444 e. The summed E-state index contributed by atoms with van der Waals surface area (Å²) in [6.07, 6.45) is -7.42. The Morgan fingerprint density at radius 1 is 1.40 bits per heavy atom. The number of ether oxygens (including phenoxy) is 1. The van der Waals surface area contributed by atoms with Gasteiger partial charge in [0.2, 0.25) is 0 Å². The van der Waals surface area contributed by atoms with Gasteiger partial charge >= 0.3 is 12.3 Å². The first-order chi connectivity index (χ1) is 8.99. The summed E-state index contributed by atoms with van der Waals surface area (Å²) >= 11 is 0. The molecule has 2 fully saturated rings. The molecule has 0 aromatic heterocycles. The number of halogens is 3. The van der Waals surface area contributed by atoms with E-state index in [1.165, 1.54) is 4.90 Å². The number of likely N-dealkylation sites (tertiary alicyclic amines) is 1. The fraction of sp³-hybridized carbons (Fsp3) is 0.917. The quantitative estimate of drug-likeness (QED) is 0.765. The molecule has 2 bridgehead atoms. The number of hydrogen-bond donors (Lipinski definition) is 2. The van der Waals surface area contributed by atoms with E-state index in [1.54, 1.807) is 20.8 Å². The van der Waals surface area contributed by atoms with Crippen molar-refractivity contribution >= 4 is 6.09 Å². The van der Waals surface area contributed by atoms with Gasteiger partial charge in [-0.15, -0.1) is 0 Å². The Balaban J connectivity index is 2.07. The second-order valence-corrected chi connectivity index (χ2v) is 6.31. The van der Waals surface area contributed by atoms with Crippen molar-refractivity contribution in [3.05, 3.63) is 0 Å². The van der Waals surface area contributed by atoms with E-state index in [0.29, 0.717) is 13.0 Å². The summed E-state index contributed by atoms with van der Waals surface area (Å²) < 4.78 is 43.0. The van der Waals surface area contributed by atoms with E-state index in [2.05, 4.69) is 5.32 Å². The van der Waals surface area contributed by atoms with E-state index in [0.717, 1.165) is 0 Å². The summed E-state index contributed by atoms with van der Waals surface area (Å²) in [4.78, 5) is 13.3. The Morgan fingerprint density at radius 2 is 2.00 bits per heavy atom. The molecule has 0 spiro atoms. The number of piperazine rings is 1. The van der Waals surface area contributed by atoms with Crippen molar-refractivity contribution in [1.29, 1.82) is 0 Å². The first kappa shape index (κ1) is 15.4. The van der Waals surface area contributed by atoms with Gasteiger partial charge in [0.05, 0.1) is 12.1 Å². The maximum atomic E-state index is 12.6. The highest BCUT2D eigenvalue weighted by Gasteiger charge is 2.56. The lowest BCUT2D eigenvalue weighted by Gasteiger charge is -2.37. The second kappa shape index (κ2) is 4.77. The van der Waals surface area contributed by atoms with Crippen LogP contribution >= 0.6 is 0 Å². The number of aliphatic hydroxyl groups is 1. The van der Waals surface area contributed by atoms with Gasteiger partial charge in [0.25, 0.3) is 0 Å². The summed E-state index contributed by atoms with van der Waals surface area (Å²) in [6, 6.07) is -2.11. The zero-order chi connectivity index (χ0) is 15.3. The molecule has 0 saturated carbocycles. The van der Waals surface area contributed by atoms with Crippen LogP contribution in [0.4, 0.5) is 18.0 Å². The van der Waals surface area contributed by atoms with Crippen LogP contribution in [-0.2, 0) is 4.74 Å². The molecule has 8 heteroatoms. The van der Waals surface area contributed by atoms with Crippen LogP contribution in [-0.4, -0.2) is 58.7 Å². The van der Waals surface area contributed by atoms with Crippen molar-refractivity contribution in [1.82, 2.24) is 10.2 Å². The van der Waals surface area contributed by atoms with Crippen LogP contribution in [0.3, 0.4) is 0 Å². The molecular weight excluding hydrogens is 277 g/mol. The number of carbonyl (C=O) groups excluding carboxylic acids is 1. The fourth-order valence-corrected chi connectivity index (χ4v) is 2.75. The molecule has 2 rings (SSSR count). The zero-order valence-electron chi connectivity index (χ0n) is 11.6. The molecule has 2 unspecified atom stereocenters. The number of rotatable bonds is 1. The highest BCUT2D eigenvalue weighted by molar-refractivity contribution is 5.69. The van der Waals surface area contributed by atoms with Crippen molar-refractivity contribution in [3.63, 3.8) is 0 Å². The first-order valence-electron chi connectivity index (χ1n) is 6.49. The summed E-state index contributed by atoms with van der Waals surface area (Å²) in [7, 11) is 0. The standard InChI is InChI=1S/C12H19F3N2O3/c1-11(2,3)20-10(19)17-5-6-4-7(17)8(16-6)9(18)12(13,14)15/h6-9,16,18H,4-5H2,1-3H3/t6-,7-,8?,9?/m0/s1. The number of aliphatic hydroxyl groups excluding tert-OH is 1. The Kier molecular flexibility index (Phi) is 3.66. The first-order valence-corrected chi connectivity index (χ1v) is 6.49. The average Bonchev–Trinajstić information content (AvgIpc) is 2.83. The Bertz CT molecular complexity index is 394. The van der Waals surface area contributed by atoms with Crippen molar-refractivity contribution in [2.24, 2.45) is 0 Å². The van der Waals surface area contributed by atoms with Gasteiger partial charge in [0, 0.05) is 12.6 Å². The second-order valence-electron chi connectivity index (χ2n) is 6.31. The molecule has 2 saturated heterocycles. The van der Waals surface area contributed by atoms with E-state index in [4.69, 9.17) is 4.74 Å². The van der Waals surface area contributed by atoms with Gasteiger partial charge in [-0.1, -0.05) is 0 Å². The summed E-state index contributed by atoms with van der Waals surface area (Å²) in [5.74, 6) is 0. The van der Waals surface area contributed by atoms with Gasteiger partial charge in [-0.3, -0.25) is 0 Å². The van der Waals surface area contributed by atoms with Crippen LogP contribution in [0, 0.1) is 0 Å². The van der Waals surface area contributed by atoms with Crippen LogP contribution in [0.25, 0.3) is 0 Å². The number of nitrogens with zero attached hydrogens (tertiary/aromatic N) is 1. The molecule has 0 radical (unpaired) electrons. The highest BCUT2D eigenvalue weighted by atomic mass is 19.4. The van der Waals surface area contributed by atoms with Crippen molar-refractivity contribution in [2.75, 3.05) is 6.54 Å². The van der Waals surface area contributed by atoms with Crippen LogP contribution in [0.15, 0.2) is 0 Å². The van der Waals surface area contributed by atoms with E-state index in [1.807, 2.05) is 0 Å². The van der Waals surface area contributed by atoms with Gasteiger partial charge in [-0.05, 0) is 27.2 Å². The molecule has 4 atom stereocenters. The lowest BCUT2D eigenvalue weighted by Crippen LogP contribution is -2.60. The third-order valence-electron chi connectivity index (χ3n) is 3.49. The third kappa shape index (κ3) is 3.01. The van der Waals surface area contributed by atoms with E-state index in [9.17, 15) is 23.1 Å². The van der Waals surface area contributed by atoms with Crippen molar-refractivity contribution in [2.45, 2.75) is 63.2 Å². The Morgan fingerprint density at radius 3 is 2.45 bits per heavy atom. The fourth-order valence-electron chi connectivity index (χ4n) is 2.75. The molecule has 5 nitrogen and oxygen atoms in total. The normalized spacial score (nSPS) is 31.6. The predicted octanol–water partition coefficient (Wildman–Crippen LogP) is 1.26. The molecule has 116 valence electrons. The van der Waals surface area contributed by atoms with Crippen LogP contribution < -0.4 is 5.32 Å². The topological polar surface area (TPSA) is 61.8 Å². The largest absolute Gasteiger partial charge is 0.444 e. The predicted molar refractivity (Wildman–Crippen MR) is 64.1 cm³/mol. The van der Waals surface area contributed by atoms with Crippen LogP contribution in [0.1, 0.15) is 27.2 Å². The van der Waals surface area contributed by atoms with E-state index >= 15 is 0 Å². The molecule has 2 aliphatic heterocycles. The maximum absolute atomic E-state index is 12.6. The summed E-state index contributed by atoms with van der Waals surface area (Å²) in [5, 5.41) is 12.1. The molecule has 2 heterocycles. The van der Waals surface area contributed by atoms with Gasteiger partial charge in [-0.25, -0.2) is 4.79 Å². The molecule has 0 aromatic rings. The Labute approximate surface area is 115 Å². The van der Waals surface area contributed by atoms with E-state index < -0.39 is 36.1 Å². The molecule has 2 N–H and O–H groups in total. The van der Waals surface area contributed by atoms with Gasteiger partial charge in [-0.2, -0.15) is 13.2 Å². The lowest BCUT2D eigenvalue weighted by atomic mass is 10.0. The number of nitrogens with one attached hydrogen (secondary N) is 1. The minimum absolute atomic E-state index is 0.227. The van der Waals surface area contributed by atoms with Gasteiger partial charge < -0.3 is 20.1 Å². The van der Waals surface area contributed by atoms with Gasteiger partial charge in [0.15, 0.2) is 6.10 Å². The smallest absolute Gasteiger partial charge is 0.415 e. The molecule has 0 aromatic carbocycles. The third-order valence-corrected chi connectivity index (χ3v) is 3.49.